The van der Waals surface area contributed by atoms with E-state index in [0.717, 1.165) is 26.6 Å². The maximum atomic E-state index is 4.24. The van der Waals surface area contributed by atoms with Crippen molar-refractivity contribution in [3.05, 3.63) is 33.7 Å². The lowest BCUT2D eigenvalue weighted by Crippen LogP contribution is -2.14. The van der Waals surface area contributed by atoms with Gasteiger partial charge in [0.15, 0.2) is 0 Å². The fourth-order valence-corrected chi connectivity index (χ4v) is 3.02. The minimum Gasteiger partial charge on any atom is -0.308 e. The molecule has 1 heterocycles. The van der Waals surface area contributed by atoms with Crippen LogP contribution in [0.1, 0.15) is 17.8 Å². The van der Waals surface area contributed by atoms with E-state index < -0.39 is 0 Å². The fourth-order valence-electron chi connectivity index (χ4n) is 1.59. The number of aromatic nitrogens is 2. The molecule has 1 aliphatic carbocycles. The molecule has 1 aromatic heterocycles. The number of hydrogen-bond donors (Lipinski definition) is 1. The van der Waals surface area contributed by atoms with Crippen LogP contribution in [0.15, 0.2) is 28.7 Å². The minimum atomic E-state index is 0.714. The van der Waals surface area contributed by atoms with Gasteiger partial charge in [-0.25, -0.2) is 0 Å². The summed E-state index contributed by atoms with van der Waals surface area (Å²) < 4.78 is 1.07. The van der Waals surface area contributed by atoms with Gasteiger partial charge in [-0.05, 0) is 18.9 Å². The van der Waals surface area contributed by atoms with Gasteiger partial charge >= 0.3 is 0 Å². The van der Waals surface area contributed by atoms with E-state index in [2.05, 4.69) is 37.5 Å². The molecule has 17 heavy (non-hydrogen) atoms. The van der Waals surface area contributed by atoms with Gasteiger partial charge in [0.1, 0.15) is 10.0 Å². The average Bonchev–Trinajstić information content (AvgIpc) is 3.06. The summed E-state index contributed by atoms with van der Waals surface area (Å²) in [4.78, 5) is 0. The molecule has 1 aliphatic rings. The SMILES string of the molecule is Brc1ccccc1-c1nnc(CNC2CC2)s1. The number of benzene rings is 1. The molecule has 1 aromatic carbocycles. The second-order valence-corrected chi connectivity index (χ2v) is 6.05. The highest BCUT2D eigenvalue weighted by Gasteiger charge is 2.20. The summed E-state index contributed by atoms with van der Waals surface area (Å²) in [5, 5.41) is 13.9. The zero-order chi connectivity index (χ0) is 11.7. The third kappa shape index (κ3) is 2.73. The van der Waals surface area contributed by atoms with Crippen molar-refractivity contribution in [2.75, 3.05) is 0 Å². The van der Waals surface area contributed by atoms with Crippen molar-refractivity contribution >= 4 is 27.3 Å². The summed E-state index contributed by atoms with van der Waals surface area (Å²) in [7, 11) is 0. The zero-order valence-electron chi connectivity index (χ0n) is 9.19. The molecule has 5 heteroatoms. The van der Waals surface area contributed by atoms with E-state index in [-0.39, 0.29) is 0 Å². The average molecular weight is 310 g/mol. The molecule has 2 aromatic rings. The number of halogens is 1. The highest BCUT2D eigenvalue weighted by molar-refractivity contribution is 9.10. The Kier molecular flexibility index (Phi) is 3.22. The van der Waals surface area contributed by atoms with Crippen LogP contribution in [0.3, 0.4) is 0 Å². The Morgan fingerprint density at radius 1 is 1.29 bits per heavy atom. The van der Waals surface area contributed by atoms with Crippen LogP contribution in [0.5, 0.6) is 0 Å². The second kappa shape index (κ2) is 4.84. The predicted molar refractivity (Wildman–Crippen MR) is 72.9 cm³/mol. The van der Waals surface area contributed by atoms with Crippen LogP contribution in [-0.4, -0.2) is 16.2 Å². The molecular formula is C12H12BrN3S. The first kappa shape index (κ1) is 11.3. The van der Waals surface area contributed by atoms with Crippen LogP contribution in [0.25, 0.3) is 10.6 Å². The van der Waals surface area contributed by atoms with Gasteiger partial charge in [0.2, 0.25) is 0 Å². The lowest BCUT2D eigenvalue weighted by molar-refractivity contribution is 0.679. The molecule has 0 spiro atoms. The van der Waals surface area contributed by atoms with Crippen LogP contribution >= 0.6 is 27.3 Å². The Bertz CT molecular complexity index is 522. The van der Waals surface area contributed by atoms with Crippen molar-refractivity contribution in [2.45, 2.75) is 25.4 Å². The lowest BCUT2D eigenvalue weighted by atomic mass is 10.2. The number of rotatable bonds is 4. The van der Waals surface area contributed by atoms with Gasteiger partial charge in [-0.1, -0.05) is 45.5 Å². The highest BCUT2D eigenvalue weighted by atomic mass is 79.9. The zero-order valence-corrected chi connectivity index (χ0v) is 11.6. The lowest BCUT2D eigenvalue weighted by Gasteiger charge is -1.98. The first-order chi connectivity index (χ1) is 8.33. The first-order valence-corrected chi connectivity index (χ1v) is 7.24. The quantitative estimate of drug-likeness (QED) is 0.942. The molecule has 3 rings (SSSR count). The second-order valence-electron chi connectivity index (χ2n) is 4.14. The maximum absolute atomic E-state index is 4.24. The van der Waals surface area contributed by atoms with Crippen LogP contribution < -0.4 is 5.32 Å². The monoisotopic (exact) mass is 309 g/mol. The van der Waals surface area contributed by atoms with Gasteiger partial charge in [-0.2, -0.15) is 0 Å². The molecule has 3 nitrogen and oxygen atoms in total. The van der Waals surface area contributed by atoms with E-state index in [1.165, 1.54) is 12.8 Å². The standard InChI is InChI=1S/C12H12BrN3S/c13-10-4-2-1-3-9(10)12-16-15-11(17-12)7-14-8-5-6-8/h1-4,8,14H,5-7H2. The highest BCUT2D eigenvalue weighted by Crippen LogP contribution is 2.30. The smallest absolute Gasteiger partial charge is 0.148 e. The maximum Gasteiger partial charge on any atom is 0.148 e. The van der Waals surface area contributed by atoms with Crippen molar-refractivity contribution < 1.29 is 0 Å². The van der Waals surface area contributed by atoms with Gasteiger partial charge in [0.05, 0.1) is 0 Å². The van der Waals surface area contributed by atoms with Crippen molar-refractivity contribution in [2.24, 2.45) is 0 Å². The number of hydrogen-bond acceptors (Lipinski definition) is 4. The van der Waals surface area contributed by atoms with Crippen LogP contribution in [-0.2, 0) is 6.54 Å². The third-order valence-corrected chi connectivity index (χ3v) is 4.34. The minimum absolute atomic E-state index is 0.714. The summed E-state index contributed by atoms with van der Waals surface area (Å²) in [6, 6.07) is 8.82. The van der Waals surface area contributed by atoms with Crippen molar-refractivity contribution in [3.8, 4) is 10.6 Å². The molecule has 0 bridgehead atoms. The summed E-state index contributed by atoms with van der Waals surface area (Å²) >= 11 is 5.19. The Balaban J connectivity index is 1.77. The van der Waals surface area contributed by atoms with E-state index in [1.807, 2.05) is 18.2 Å². The van der Waals surface area contributed by atoms with Crippen LogP contribution in [0.2, 0.25) is 0 Å². The fraction of sp³-hybridized carbons (Fsp3) is 0.333. The first-order valence-electron chi connectivity index (χ1n) is 5.63. The topological polar surface area (TPSA) is 37.8 Å². The molecule has 1 N–H and O–H groups in total. The Hall–Kier alpha value is -0.780. The van der Waals surface area contributed by atoms with Crippen molar-refractivity contribution in [3.63, 3.8) is 0 Å². The van der Waals surface area contributed by atoms with Crippen LogP contribution in [0.4, 0.5) is 0 Å². The summed E-state index contributed by atoms with van der Waals surface area (Å²) in [6.45, 7) is 0.840. The molecule has 0 radical (unpaired) electrons. The molecule has 0 saturated heterocycles. The molecule has 1 saturated carbocycles. The van der Waals surface area contributed by atoms with E-state index >= 15 is 0 Å². The van der Waals surface area contributed by atoms with Crippen molar-refractivity contribution in [1.82, 2.24) is 15.5 Å². The van der Waals surface area contributed by atoms with Gasteiger partial charge in [0.25, 0.3) is 0 Å². The summed E-state index contributed by atoms with van der Waals surface area (Å²) in [6.07, 6.45) is 2.60. The Morgan fingerprint density at radius 2 is 2.12 bits per heavy atom. The largest absolute Gasteiger partial charge is 0.308 e. The van der Waals surface area contributed by atoms with Crippen LogP contribution in [0, 0.1) is 0 Å². The molecule has 88 valence electrons. The number of nitrogens with one attached hydrogen (secondary N) is 1. The molecule has 0 atom stereocenters. The Labute approximate surface area is 112 Å². The van der Waals surface area contributed by atoms with Gasteiger partial charge < -0.3 is 5.32 Å². The van der Waals surface area contributed by atoms with E-state index in [0.29, 0.717) is 6.04 Å². The van der Waals surface area contributed by atoms with E-state index in [1.54, 1.807) is 11.3 Å². The summed E-state index contributed by atoms with van der Waals surface area (Å²) in [5.74, 6) is 0. The van der Waals surface area contributed by atoms with Gasteiger partial charge in [-0.3, -0.25) is 0 Å². The summed E-state index contributed by atoms with van der Waals surface area (Å²) in [5.41, 5.74) is 1.11. The molecule has 0 aliphatic heterocycles. The normalized spacial score (nSPS) is 15.1. The molecule has 0 unspecified atom stereocenters. The molecular weight excluding hydrogens is 298 g/mol. The van der Waals surface area contributed by atoms with Crippen molar-refractivity contribution in [1.29, 1.82) is 0 Å². The van der Waals surface area contributed by atoms with Gasteiger partial charge in [0, 0.05) is 22.6 Å². The predicted octanol–water partition coefficient (Wildman–Crippen LogP) is 3.22. The van der Waals surface area contributed by atoms with E-state index in [9.17, 15) is 0 Å². The van der Waals surface area contributed by atoms with E-state index in [4.69, 9.17) is 0 Å². The molecule has 0 amide bonds. The Morgan fingerprint density at radius 3 is 2.88 bits per heavy atom. The van der Waals surface area contributed by atoms with Gasteiger partial charge in [-0.15, -0.1) is 10.2 Å². The third-order valence-electron chi connectivity index (χ3n) is 2.69. The molecule has 1 fully saturated rings. The number of nitrogens with zero attached hydrogens (tertiary/aromatic N) is 2.